The summed E-state index contributed by atoms with van der Waals surface area (Å²) in [5.41, 5.74) is 3.76. The summed E-state index contributed by atoms with van der Waals surface area (Å²) in [5, 5.41) is 0. The molecule has 0 aliphatic heterocycles. The Morgan fingerprint density at radius 3 is 1.75 bits per heavy atom. The SMILES string of the molecule is CC(C)COP(=O)([O-])OCC(C)C.CCCCCC[NH3+]. The quantitative estimate of drug-likeness (QED) is 0.496. The Hall–Kier alpha value is 0.0700. The van der Waals surface area contributed by atoms with Gasteiger partial charge in [-0.3, -0.25) is 4.57 Å². The van der Waals surface area contributed by atoms with Crippen LogP contribution in [0.2, 0.25) is 0 Å². The van der Waals surface area contributed by atoms with Crippen LogP contribution in [-0.2, 0) is 13.6 Å². The lowest BCUT2D eigenvalue weighted by Crippen LogP contribution is -2.50. The third-order valence-corrected chi connectivity index (χ3v) is 3.17. The van der Waals surface area contributed by atoms with Gasteiger partial charge in [-0.15, -0.1) is 0 Å². The van der Waals surface area contributed by atoms with E-state index in [2.05, 4.69) is 21.7 Å². The monoisotopic (exact) mass is 311 g/mol. The molecule has 0 aromatic heterocycles. The number of hydrogen-bond donors (Lipinski definition) is 1. The normalized spacial score (nSPS) is 11.7. The van der Waals surface area contributed by atoms with Crippen molar-refractivity contribution in [2.24, 2.45) is 11.8 Å². The van der Waals surface area contributed by atoms with Gasteiger partial charge in [0.2, 0.25) is 0 Å². The van der Waals surface area contributed by atoms with Crippen molar-refractivity contribution in [3.05, 3.63) is 0 Å². The van der Waals surface area contributed by atoms with E-state index < -0.39 is 7.82 Å². The van der Waals surface area contributed by atoms with Gasteiger partial charge < -0.3 is 19.7 Å². The Labute approximate surface area is 124 Å². The largest absolute Gasteiger partial charge is 0.756 e. The summed E-state index contributed by atoms with van der Waals surface area (Å²) in [6, 6.07) is 0. The highest BCUT2D eigenvalue weighted by molar-refractivity contribution is 7.45. The molecule has 0 bridgehead atoms. The number of unbranched alkanes of at least 4 members (excludes halogenated alkanes) is 3. The molecule has 20 heavy (non-hydrogen) atoms. The zero-order chi connectivity index (χ0) is 16.0. The topological polar surface area (TPSA) is 86.2 Å². The second kappa shape index (κ2) is 14.0. The van der Waals surface area contributed by atoms with Gasteiger partial charge in [-0.05, 0) is 24.7 Å². The molecule has 0 aliphatic rings. The highest BCUT2D eigenvalue weighted by Gasteiger charge is 2.10. The minimum atomic E-state index is -4.05. The summed E-state index contributed by atoms with van der Waals surface area (Å²) in [6.07, 6.45) is 5.41. The van der Waals surface area contributed by atoms with E-state index in [1.165, 1.54) is 25.7 Å². The lowest BCUT2D eigenvalue weighted by atomic mass is 10.2. The molecule has 6 heteroatoms. The van der Waals surface area contributed by atoms with Crippen molar-refractivity contribution < 1.29 is 24.2 Å². The number of phosphoric ester groups is 1. The molecule has 0 saturated carbocycles. The molecule has 0 saturated heterocycles. The fourth-order valence-corrected chi connectivity index (χ4v) is 2.16. The van der Waals surface area contributed by atoms with E-state index in [9.17, 15) is 9.46 Å². The van der Waals surface area contributed by atoms with Crippen molar-refractivity contribution in [1.29, 1.82) is 0 Å². The summed E-state index contributed by atoms with van der Waals surface area (Å²) >= 11 is 0. The van der Waals surface area contributed by atoms with Gasteiger partial charge in [-0.25, -0.2) is 0 Å². The number of hydrogen-bond acceptors (Lipinski definition) is 4. The van der Waals surface area contributed by atoms with E-state index in [4.69, 9.17) is 0 Å². The van der Waals surface area contributed by atoms with Gasteiger partial charge in [0.1, 0.15) is 0 Å². The molecule has 0 amide bonds. The maximum absolute atomic E-state index is 11.0. The molecule has 124 valence electrons. The van der Waals surface area contributed by atoms with Crippen molar-refractivity contribution >= 4 is 7.82 Å². The smallest absolute Gasteiger partial charge is 0.267 e. The molecular formula is C14H34NO4P. The van der Waals surface area contributed by atoms with E-state index in [-0.39, 0.29) is 25.0 Å². The Morgan fingerprint density at radius 1 is 1.00 bits per heavy atom. The molecule has 0 atom stereocenters. The molecule has 3 N–H and O–H groups in total. The van der Waals surface area contributed by atoms with Crippen LogP contribution >= 0.6 is 7.82 Å². The molecule has 5 nitrogen and oxygen atoms in total. The van der Waals surface area contributed by atoms with E-state index in [0.29, 0.717) is 0 Å². The van der Waals surface area contributed by atoms with Gasteiger partial charge in [0.25, 0.3) is 7.82 Å². The van der Waals surface area contributed by atoms with Crippen LogP contribution in [0.1, 0.15) is 60.3 Å². The molecule has 0 aromatic carbocycles. The van der Waals surface area contributed by atoms with Crippen LogP contribution in [0.3, 0.4) is 0 Å². The van der Waals surface area contributed by atoms with Crippen LogP contribution in [0, 0.1) is 11.8 Å². The minimum Gasteiger partial charge on any atom is -0.756 e. The fraction of sp³-hybridized carbons (Fsp3) is 1.00. The van der Waals surface area contributed by atoms with Gasteiger partial charge in [-0.1, -0.05) is 47.5 Å². The number of phosphoric acid groups is 1. The van der Waals surface area contributed by atoms with Gasteiger partial charge in [0.15, 0.2) is 0 Å². The summed E-state index contributed by atoms with van der Waals surface area (Å²) in [4.78, 5) is 11.0. The van der Waals surface area contributed by atoms with Crippen LogP contribution in [0.4, 0.5) is 0 Å². The zero-order valence-corrected chi connectivity index (χ0v) is 14.8. The molecule has 0 aliphatic carbocycles. The fourth-order valence-electron chi connectivity index (χ4n) is 1.12. The lowest BCUT2D eigenvalue weighted by Gasteiger charge is -2.24. The van der Waals surface area contributed by atoms with Gasteiger partial charge in [-0.2, -0.15) is 0 Å². The lowest BCUT2D eigenvalue weighted by molar-refractivity contribution is -0.368. The average Bonchev–Trinajstić information content (AvgIpc) is 2.36. The van der Waals surface area contributed by atoms with E-state index in [1.807, 2.05) is 27.7 Å². The van der Waals surface area contributed by atoms with Gasteiger partial charge >= 0.3 is 0 Å². The number of rotatable bonds is 10. The first-order valence-electron chi connectivity index (χ1n) is 7.64. The predicted octanol–water partition coefficient (Wildman–Crippen LogP) is 2.61. The Bertz CT molecular complexity index is 227. The predicted molar refractivity (Wildman–Crippen MR) is 81.1 cm³/mol. The second-order valence-corrected chi connectivity index (χ2v) is 7.15. The first kappa shape index (κ1) is 22.4. The third kappa shape index (κ3) is 20.4. The zero-order valence-electron chi connectivity index (χ0n) is 13.9. The molecule has 0 unspecified atom stereocenters. The Morgan fingerprint density at radius 2 is 1.45 bits per heavy atom. The third-order valence-electron chi connectivity index (χ3n) is 2.24. The van der Waals surface area contributed by atoms with Crippen molar-refractivity contribution in [1.82, 2.24) is 0 Å². The van der Waals surface area contributed by atoms with Crippen LogP contribution < -0.4 is 10.6 Å². The highest BCUT2D eigenvalue weighted by Crippen LogP contribution is 2.38. The van der Waals surface area contributed by atoms with Crippen molar-refractivity contribution in [2.75, 3.05) is 19.8 Å². The Balaban J connectivity index is 0. The summed E-state index contributed by atoms with van der Waals surface area (Å²) in [5.74, 6) is 0.370. The van der Waals surface area contributed by atoms with E-state index in [1.54, 1.807) is 0 Å². The molecular weight excluding hydrogens is 277 g/mol. The van der Waals surface area contributed by atoms with E-state index in [0.717, 1.165) is 6.54 Å². The van der Waals surface area contributed by atoms with Crippen molar-refractivity contribution in [2.45, 2.75) is 60.3 Å². The molecule has 0 heterocycles. The maximum atomic E-state index is 11.0. The molecule has 0 rings (SSSR count). The average molecular weight is 311 g/mol. The maximum Gasteiger partial charge on any atom is 0.267 e. The summed E-state index contributed by atoms with van der Waals surface area (Å²) in [6.45, 7) is 11.2. The second-order valence-electron chi connectivity index (χ2n) is 5.74. The van der Waals surface area contributed by atoms with Gasteiger partial charge in [0.05, 0.1) is 19.8 Å². The van der Waals surface area contributed by atoms with Crippen LogP contribution in [-0.4, -0.2) is 19.8 Å². The van der Waals surface area contributed by atoms with Crippen molar-refractivity contribution in [3.63, 3.8) is 0 Å². The van der Waals surface area contributed by atoms with Crippen molar-refractivity contribution in [3.8, 4) is 0 Å². The molecule has 0 aromatic rings. The standard InChI is InChI=1S/C8H19O4P.C6H15N/c1-7(2)5-11-13(9,10)12-6-8(3)4;1-2-3-4-5-6-7/h7-8H,5-6H2,1-4H3,(H,9,10);2-7H2,1H3. The van der Waals surface area contributed by atoms with Gasteiger partial charge in [0, 0.05) is 0 Å². The Kier molecular flexibility index (Phi) is 15.7. The minimum absolute atomic E-state index is 0.179. The first-order valence-corrected chi connectivity index (χ1v) is 9.10. The molecule has 0 radical (unpaired) electrons. The van der Waals surface area contributed by atoms with E-state index >= 15 is 0 Å². The number of quaternary nitrogens is 1. The first-order chi connectivity index (χ1) is 9.25. The highest BCUT2D eigenvalue weighted by atomic mass is 31.2. The molecule has 0 spiro atoms. The van der Waals surface area contributed by atoms with Crippen LogP contribution in [0.25, 0.3) is 0 Å². The summed E-state index contributed by atoms with van der Waals surface area (Å²) < 4.78 is 20.3. The summed E-state index contributed by atoms with van der Waals surface area (Å²) in [7, 11) is -4.05. The molecule has 0 fully saturated rings. The van der Waals surface area contributed by atoms with Crippen LogP contribution in [0.5, 0.6) is 0 Å². The van der Waals surface area contributed by atoms with Crippen LogP contribution in [0.15, 0.2) is 0 Å².